The number of rotatable bonds is 4. The Bertz CT molecular complexity index is 897. The summed E-state index contributed by atoms with van der Waals surface area (Å²) in [4.78, 5) is 12.5. The molecule has 1 amide bonds. The average molecular weight is 400 g/mol. The molecule has 1 heterocycles. The Kier molecular flexibility index (Phi) is 4.85. The fourth-order valence-corrected chi connectivity index (χ4v) is 2.86. The number of nitrogen functional groups attached to an aromatic ring is 1. The summed E-state index contributed by atoms with van der Waals surface area (Å²) in [6, 6.07) is 13.6. The standard InChI is InChI=1S/C18H18BrN5O/c1-11-7-12(2)9-15(8-11)21-18(25)16-17(20)24(23-22-16)10-13-3-5-14(19)6-4-13/h3-9H,10,20H2,1-2H3,(H,21,25). The number of anilines is 2. The van der Waals surface area contributed by atoms with Crippen LogP contribution in [0.3, 0.4) is 0 Å². The number of nitrogens with two attached hydrogens (primary N) is 1. The van der Waals surface area contributed by atoms with E-state index >= 15 is 0 Å². The topological polar surface area (TPSA) is 85.8 Å². The van der Waals surface area contributed by atoms with Gasteiger partial charge in [0.05, 0.1) is 6.54 Å². The minimum atomic E-state index is -0.371. The van der Waals surface area contributed by atoms with Gasteiger partial charge in [0.2, 0.25) is 0 Å². The number of carbonyl (C=O) groups excluding carboxylic acids is 1. The van der Waals surface area contributed by atoms with E-state index < -0.39 is 0 Å². The van der Waals surface area contributed by atoms with E-state index in [1.165, 1.54) is 4.68 Å². The van der Waals surface area contributed by atoms with E-state index in [1.807, 2.05) is 56.3 Å². The monoisotopic (exact) mass is 399 g/mol. The zero-order valence-corrected chi connectivity index (χ0v) is 15.5. The van der Waals surface area contributed by atoms with E-state index in [0.29, 0.717) is 12.2 Å². The molecule has 0 fully saturated rings. The van der Waals surface area contributed by atoms with E-state index in [9.17, 15) is 4.79 Å². The molecule has 7 heteroatoms. The summed E-state index contributed by atoms with van der Waals surface area (Å²) < 4.78 is 2.51. The molecule has 1 aromatic heterocycles. The van der Waals surface area contributed by atoms with Crippen molar-refractivity contribution in [2.45, 2.75) is 20.4 Å². The van der Waals surface area contributed by atoms with Crippen molar-refractivity contribution in [3.8, 4) is 0 Å². The molecule has 0 unspecified atom stereocenters. The van der Waals surface area contributed by atoms with Gasteiger partial charge in [-0.2, -0.15) is 0 Å². The first kappa shape index (κ1) is 17.2. The van der Waals surface area contributed by atoms with Gasteiger partial charge in [-0.05, 0) is 54.8 Å². The Labute approximate surface area is 154 Å². The first-order valence-corrected chi connectivity index (χ1v) is 8.55. The number of benzene rings is 2. The molecule has 25 heavy (non-hydrogen) atoms. The first-order chi connectivity index (χ1) is 11.9. The molecular formula is C18H18BrN5O. The normalized spacial score (nSPS) is 10.7. The van der Waals surface area contributed by atoms with Crippen LogP contribution in [0.5, 0.6) is 0 Å². The lowest BCUT2D eigenvalue weighted by molar-refractivity contribution is 0.102. The number of carbonyl (C=O) groups is 1. The van der Waals surface area contributed by atoms with Crippen LogP contribution < -0.4 is 11.1 Å². The van der Waals surface area contributed by atoms with Crippen LogP contribution in [0, 0.1) is 13.8 Å². The van der Waals surface area contributed by atoms with Crippen LogP contribution in [-0.2, 0) is 6.54 Å². The Balaban J connectivity index is 1.77. The summed E-state index contributed by atoms with van der Waals surface area (Å²) in [5.74, 6) is -0.130. The number of nitrogens with one attached hydrogen (secondary N) is 1. The molecule has 0 spiro atoms. The highest BCUT2D eigenvalue weighted by molar-refractivity contribution is 9.10. The largest absolute Gasteiger partial charge is 0.382 e. The molecule has 0 aliphatic heterocycles. The number of hydrogen-bond acceptors (Lipinski definition) is 4. The molecular weight excluding hydrogens is 382 g/mol. The van der Waals surface area contributed by atoms with Crippen molar-refractivity contribution in [3.63, 3.8) is 0 Å². The van der Waals surface area contributed by atoms with Crippen LogP contribution in [0.15, 0.2) is 46.9 Å². The third-order valence-corrected chi connectivity index (χ3v) is 4.24. The lowest BCUT2D eigenvalue weighted by Crippen LogP contribution is -2.15. The van der Waals surface area contributed by atoms with Gasteiger partial charge in [0.15, 0.2) is 11.5 Å². The summed E-state index contributed by atoms with van der Waals surface area (Å²) in [7, 11) is 0. The molecule has 0 aliphatic carbocycles. The summed E-state index contributed by atoms with van der Waals surface area (Å²) in [6.45, 7) is 4.40. The van der Waals surface area contributed by atoms with Crippen molar-refractivity contribution < 1.29 is 4.79 Å². The van der Waals surface area contributed by atoms with E-state index in [0.717, 1.165) is 21.2 Å². The van der Waals surface area contributed by atoms with Crippen molar-refractivity contribution in [1.82, 2.24) is 15.0 Å². The molecule has 6 nitrogen and oxygen atoms in total. The zero-order chi connectivity index (χ0) is 18.0. The van der Waals surface area contributed by atoms with Gasteiger partial charge in [-0.25, -0.2) is 4.68 Å². The minimum Gasteiger partial charge on any atom is -0.382 e. The van der Waals surface area contributed by atoms with Crippen molar-refractivity contribution in [2.24, 2.45) is 0 Å². The summed E-state index contributed by atoms with van der Waals surface area (Å²) >= 11 is 3.40. The van der Waals surface area contributed by atoms with Crippen LogP contribution in [0.2, 0.25) is 0 Å². The number of aromatic nitrogens is 3. The molecule has 0 bridgehead atoms. The number of halogens is 1. The van der Waals surface area contributed by atoms with Crippen LogP contribution in [0.25, 0.3) is 0 Å². The van der Waals surface area contributed by atoms with E-state index in [-0.39, 0.29) is 17.4 Å². The third kappa shape index (κ3) is 4.06. The van der Waals surface area contributed by atoms with Crippen LogP contribution in [-0.4, -0.2) is 20.9 Å². The lowest BCUT2D eigenvalue weighted by atomic mass is 10.1. The highest BCUT2D eigenvalue weighted by Crippen LogP contribution is 2.17. The SMILES string of the molecule is Cc1cc(C)cc(NC(=O)c2nnn(Cc3ccc(Br)cc3)c2N)c1. The zero-order valence-electron chi connectivity index (χ0n) is 14.0. The third-order valence-electron chi connectivity index (χ3n) is 3.71. The van der Waals surface area contributed by atoms with Gasteiger partial charge < -0.3 is 11.1 Å². The molecule has 0 radical (unpaired) electrons. The van der Waals surface area contributed by atoms with E-state index in [4.69, 9.17) is 5.73 Å². The highest BCUT2D eigenvalue weighted by Gasteiger charge is 2.18. The second-order valence-corrected chi connectivity index (χ2v) is 6.85. The summed E-state index contributed by atoms with van der Waals surface area (Å²) in [5.41, 5.74) is 10.1. The molecule has 0 saturated carbocycles. The number of amides is 1. The van der Waals surface area contributed by atoms with Crippen molar-refractivity contribution in [1.29, 1.82) is 0 Å². The highest BCUT2D eigenvalue weighted by atomic mass is 79.9. The second kappa shape index (κ2) is 7.06. The Morgan fingerprint density at radius 1 is 1.16 bits per heavy atom. The summed E-state index contributed by atoms with van der Waals surface area (Å²) in [6.07, 6.45) is 0. The maximum absolute atomic E-state index is 12.5. The van der Waals surface area contributed by atoms with E-state index in [2.05, 4.69) is 31.6 Å². The van der Waals surface area contributed by atoms with Crippen molar-refractivity contribution in [2.75, 3.05) is 11.1 Å². The molecule has 128 valence electrons. The lowest BCUT2D eigenvalue weighted by Gasteiger charge is -2.07. The minimum absolute atomic E-state index is 0.122. The van der Waals surface area contributed by atoms with Crippen LogP contribution in [0.1, 0.15) is 27.2 Å². The molecule has 3 aromatic rings. The van der Waals surface area contributed by atoms with Gasteiger partial charge in [-0.15, -0.1) is 5.10 Å². The fraction of sp³-hybridized carbons (Fsp3) is 0.167. The Hall–Kier alpha value is -2.67. The predicted molar refractivity (Wildman–Crippen MR) is 102 cm³/mol. The van der Waals surface area contributed by atoms with Gasteiger partial charge in [-0.3, -0.25) is 4.79 Å². The molecule has 0 atom stereocenters. The Morgan fingerprint density at radius 2 is 1.80 bits per heavy atom. The first-order valence-electron chi connectivity index (χ1n) is 7.75. The maximum atomic E-state index is 12.5. The van der Waals surface area contributed by atoms with Crippen LogP contribution in [0.4, 0.5) is 11.5 Å². The maximum Gasteiger partial charge on any atom is 0.280 e. The van der Waals surface area contributed by atoms with Gasteiger partial charge >= 0.3 is 0 Å². The van der Waals surface area contributed by atoms with Gasteiger partial charge in [-0.1, -0.05) is 39.3 Å². The Morgan fingerprint density at radius 3 is 2.44 bits per heavy atom. The number of aryl methyl sites for hydroxylation is 2. The smallest absolute Gasteiger partial charge is 0.280 e. The fourth-order valence-electron chi connectivity index (χ4n) is 2.60. The molecule has 3 N–H and O–H groups in total. The quantitative estimate of drug-likeness (QED) is 0.702. The van der Waals surface area contributed by atoms with E-state index in [1.54, 1.807) is 0 Å². The van der Waals surface area contributed by atoms with Crippen molar-refractivity contribution >= 4 is 33.3 Å². The second-order valence-electron chi connectivity index (χ2n) is 5.94. The number of hydrogen-bond donors (Lipinski definition) is 2. The molecule has 3 rings (SSSR count). The molecule has 2 aromatic carbocycles. The van der Waals surface area contributed by atoms with Crippen molar-refractivity contribution in [3.05, 3.63) is 69.3 Å². The van der Waals surface area contributed by atoms with Gasteiger partial charge in [0.25, 0.3) is 5.91 Å². The molecule has 0 saturated heterocycles. The van der Waals surface area contributed by atoms with Crippen LogP contribution >= 0.6 is 15.9 Å². The predicted octanol–water partition coefficient (Wildman–Crippen LogP) is 3.54. The number of nitrogens with zero attached hydrogens (tertiary/aromatic N) is 3. The summed E-state index contributed by atoms with van der Waals surface area (Å²) in [5, 5.41) is 10.8. The average Bonchev–Trinajstić information content (AvgIpc) is 2.89. The molecule has 0 aliphatic rings. The van der Waals surface area contributed by atoms with Gasteiger partial charge in [0.1, 0.15) is 0 Å². The van der Waals surface area contributed by atoms with Gasteiger partial charge in [0, 0.05) is 10.2 Å².